The fourth-order valence-electron chi connectivity index (χ4n) is 3.02. The summed E-state index contributed by atoms with van der Waals surface area (Å²) >= 11 is 0. The van der Waals surface area contributed by atoms with E-state index in [1.54, 1.807) is 0 Å². The maximum Gasteiger partial charge on any atom is 0.0161 e. The molecule has 0 bridgehead atoms. The summed E-state index contributed by atoms with van der Waals surface area (Å²) in [4.78, 5) is 0. The van der Waals surface area contributed by atoms with Crippen LogP contribution in [0.5, 0.6) is 0 Å². The summed E-state index contributed by atoms with van der Waals surface area (Å²) in [5.41, 5.74) is 6.90. The molecular weight excluding hydrogens is 204 g/mol. The Bertz CT molecular complexity index is 525. The van der Waals surface area contributed by atoms with E-state index in [1.165, 1.54) is 27.8 Å². The van der Waals surface area contributed by atoms with Gasteiger partial charge in [-0.25, -0.2) is 0 Å². The minimum absolute atomic E-state index is 0.0801. The lowest BCUT2D eigenvalue weighted by atomic mass is 9.79. The van der Waals surface area contributed by atoms with Gasteiger partial charge in [-0.05, 0) is 41.7 Å². The zero-order valence-electron chi connectivity index (χ0n) is 11.2. The topological polar surface area (TPSA) is 0 Å². The standard InChI is InChI=1S/C17H20/c1-6-9-15-13(7-2)14-11-8-10-12(3)16(14)17(15,4)5/h6-11H,2H2,1,3-5H3/b9-6-. The summed E-state index contributed by atoms with van der Waals surface area (Å²) in [6, 6.07) is 6.53. The van der Waals surface area contributed by atoms with E-state index in [2.05, 4.69) is 64.6 Å². The molecule has 0 atom stereocenters. The molecule has 0 heterocycles. The maximum absolute atomic E-state index is 3.98. The highest BCUT2D eigenvalue weighted by molar-refractivity contribution is 5.88. The monoisotopic (exact) mass is 224 g/mol. The molecule has 0 aliphatic heterocycles. The van der Waals surface area contributed by atoms with Crippen molar-refractivity contribution in [1.82, 2.24) is 0 Å². The second-order valence-corrected chi connectivity index (χ2v) is 5.15. The highest BCUT2D eigenvalue weighted by Crippen LogP contribution is 2.48. The fourth-order valence-corrected chi connectivity index (χ4v) is 3.02. The number of fused-ring (bicyclic) bond motifs is 1. The van der Waals surface area contributed by atoms with Gasteiger partial charge in [0, 0.05) is 5.41 Å². The van der Waals surface area contributed by atoms with Crippen molar-refractivity contribution in [1.29, 1.82) is 0 Å². The molecule has 0 radical (unpaired) electrons. The molecule has 1 aliphatic carbocycles. The highest BCUT2D eigenvalue weighted by Gasteiger charge is 2.36. The van der Waals surface area contributed by atoms with Gasteiger partial charge in [-0.15, -0.1) is 0 Å². The van der Waals surface area contributed by atoms with Crippen LogP contribution in [0.2, 0.25) is 0 Å². The van der Waals surface area contributed by atoms with E-state index in [0.717, 1.165) is 0 Å². The van der Waals surface area contributed by atoms with Crippen LogP contribution in [0, 0.1) is 6.92 Å². The van der Waals surface area contributed by atoms with Crippen LogP contribution in [0.4, 0.5) is 0 Å². The van der Waals surface area contributed by atoms with Crippen molar-refractivity contribution in [2.75, 3.05) is 0 Å². The molecular formula is C17H20. The van der Waals surface area contributed by atoms with E-state index in [-0.39, 0.29) is 5.41 Å². The first-order chi connectivity index (χ1) is 8.04. The molecule has 0 fully saturated rings. The van der Waals surface area contributed by atoms with Crippen LogP contribution in [0.25, 0.3) is 5.57 Å². The first-order valence-electron chi connectivity index (χ1n) is 6.14. The van der Waals surface area contributed by atoms with Gasteiger partial charge in [0.15, 0.2) is 0 Å². The number of allylic oxidation sites excluding steroid dienone is 5. The molecule has 0 spiro atoms. The molecule has 1 aliphatic rings. The van der Waals surface area contributed by atoms with Crippen LogP contribution in [-0.2, 0) is 5.41 Å². The van der Waals surface area contributed by atoms with Gasteiger partial charge in [-0.1, -0.05) is 56.9 Å². The first kappa shape index (κ1) is 11.9. The van der Waals surface area contributed by atoms with E-state index in [9.17, 15) is 0 Å². The maximum atomic E-state index is 3.98. The van der Waals surface area contributed by atoms with Crippen molar-refractivity contribution in [3.63, 3.8) is 0 Å². The molecule has 88 valence electrons. The molecule has 2 rings (SSSR count). The Balaban J connectivity index is 2.80. The van der Waals surface area contributed by atoms with Gasteiger partial charge in [0.1, 0.15) is 0 Å². The Morgan fingerprint density at radius 3 is 2.53 bits per heavy atom. The molecule has 1 aromatic carbocycles. The molecule has 0 saturated heterocycles. The molecule has 17 heavy (non-hydrogen) atoms. The lowest BCUT2D eigenvalue weighted by Crippen LogP contribution is -2.17. The van der Waals surface area contributed by atoms with Gasteiger partial charge >= 0.3 is 0 Å². The third-order valence-electron chi connectivity index (χ3n) is 3.69. The van der Waals surface area contributed by atoms with Gasteiger partial charge in [0.2, 0.25) is 0 Å². The Labute approximate surface area is 104 Å². The van der Waals surface area contributed by atoms with Crippen molar-refractivity contribution in [2.24, 2.45) is 0 Å². The molecule has 0 unspecified atom stereocenters. The molecule has 0 nitrogen and oxygen atoms in total. The van der Waals surface area contributed by atoms with E-state index in [1.807, 2.05) is 6.08 Å². The van der Waals surface area contributed by atoms with Crippen LogP contribution >= 0.6 is 0 Å². The lowest BCUT2D eigenvalue weighted by molar-refractivity contribution is 0.649. The van der Waals surface area contributed by atoms with Gasteiger partial charge in [0.05, 0.1) is 0 Å². The number of benzene rings is 1. The molecule has 0 saturated carbocycles. The lowest BCUT2D eigenvalue weighted by Gasteiger charge is -2.24. The first-order valence-corrected chi connectivity index (χ1v) is 6.14. The molecule has 0 amide bonds. The molecule has 1 aromatic rings. The third-order valence-corrected chi connectivity index (χ3v) is 3.69. The number of hydrogen-bond donors (Lipinski definition) is 0. The summed E-state index contributed by atoms with van der Waals surface area (Å²) < 4.78 is 0. The minimum atomic E-state index is 0.0801. The second kappa shape index (κ2) is 4.03. The van der Waals surface area contributed by atoms with E-state index in [4.69, 9.17) is 0 Å². The van der Waals surface area contributed by atoms with Gasteiger partial charge < -0.3 is 0 Å². The number of rotatable bonds is 2. The normalized spacial score (nSPS) is 17.6. The highest BCUT2D eigenvalue weighted by atomic mass is 14.4. The number of aryl methyl sites for hydroxylation is 1. The van der Waals surface area contributed by atoms with Crippen molar-refractivity contribution < 1.29 is 0 Å². The van der Waals surface area contributed by atoms with E-state index < -0.39 is 0 Å². The van der Waals surface area contributed by atoms with Gasteiger partial charge in [-0.3, -0.25) is 0 Å². The Hall–Kier alpha value is -1.56. The fraction of sp³-hybridized carbons (Fsp3) is 0.294. The van der Waals surface area contributed by atoms with Crippen LogP contribution in [0.15, 0.2) is 48.6 Å². The average Bonchev–Trinajstić information content (AvgIpc) is 2.49. The number of hydrogen-bond acceptors (Lipinski definition) is 0. The quantitative estimate of drug-likeness (QED) is 0.676. The Morgan fingerprint density at radius 1 is 1.24 bits per heavy atom. The van der Waals surface area contributed by atoms with E-state index >= 15 is 0 Å². The van der Waals surface area contributed by atoms with Crippen molar-refractivity contribution in [3.05, 3.63) is 65.3 Å². The third kappa shape index (κ3) is 1.59. The molecule has 0 aromatic heterocycles. The smallest absolute Gasteiger partial charge is 0.0161 e. The van der Waals surface area contributed by atoms with Crippen molar-refractivity contribution in [2.45, 2.75) is 33.1 Å². The summed E-state index contributed by atoms with van der Waals surface area (Å²) in [7, 11) is 0. The molecule has 0 heteroatoms. The zero-order valence-corrected chi connectivity index (χ0v) is 11.2. The zero-order chi connectivity index (χ0) is 12.6. The van der Waals surface area contributed by atoms with Crippen molar-refractivity contribution >= 4 is 5.57 Å². The Kier molecular flexibility index (Phi) is 2.82. The van der Waals surface area contributed by atoms with Crippen LogP contribution in [0.3, 0.4) is 0 Å². The van der Waals surface area contributed by atoms with Crippen LogP contribution in [0.1, 0.15) is 37.5 Å². The summed E-state index contributed by atoms with van der Waals surface area (Å²) in [5.74, 6) is 0. The van der Waals surface area contributed by atoms with E-state index in [0.29, 0.717) is 0 Å². The summed E-state index contributed by atoms with van der Waals surface area (Å²) in [6.07, 6.45) is 6.32. The van der Waals surface area contributed by atoms with Gasteiger partial charge in [-0.2, -0.15) is 0 Å². The van der Waals surface area contributed by atoms with Crippen molar-refractivity contribution in [3.8, 4) is 0 Å². The predicted octanol–water partition coefficient (Wildman–Crippen LogP) is 4.80. The predicted molar refractivity (Wildman–Crippen MR) is 76.1 cm³/mol. The largest absolute Gasteiger partial charge is 0.0984 e. The summed E-state index contributed by atoms with van der Waals surface area (Å²) in [6.45, 7) is 12.8. The summed E-state index contributed by atoms with van der Waals surface area (Å²) in [5, 5.41) is 0. The minimum Gasteiger partial charge on any atom is -0.0984 e. The SMILES string of the molecule is C=CC1=C(/C=C\C)C(C)(C)c2c(C)cccc21. The van der Waals surface area contributed by atoms with Crippen LogP contribution in [-0.4, -0.2) is 0 Å². The van der Waals surface area contributed by atoms with Crippen LogP contribution < -0.4 is 0 Å². The van der Waals surface area contributed by atoms with Gasteiger partial charge in [0.25, 0.3) is 0 Å². The molecule has 0 N–H and O–H groups in total. The average molecular weight is 224 g/mol. The Morgan fingerprint density at radius 2 is 1.94 bits per heavy atom. The second-order valence-electron chi connectivity index (χ2n) is 5.15.